The van der Waals surface area contributed by atoms with E-state index in [9.17, 15) is 0 Å². The molecule has 0 aliphatic carbocycles. The second-order valence-corrected chi connectivity index (χ2v) is 4.68. The summed E-state index contributed by atoms with van der Waals surface area (Å²) >= 11 is 3.31. The first-order valence-corrected chi connectivity index (χ1v) is 6.22. The quantitative estimate of drug-likeness (QED) is 0.868. The Balaban J connectivity index is 2.08. The maximum atomic E-state index is 3.98. The van der Waals surface area contributed by atoms with Gasteiger partial charge in [-0.05, 0) is 17.9 Å². The summed E-state index contributed by atoms with van der Waals surface area (Å²) in [6.07, 6.45) is 1.06. The molecule has 0 radical (unpaired) electrons. The summed E-state index contributed by atoms with van der Waals surface area (Å²) in [4.78, 5) is 1.35. The number of rotatable bonds is 4. The summed E-state index contributed by atoms with van der Waals surface area (Å²) in [6, 6.07) is 4.58. The third-order valence-electron chi connectivity index (χ3n) is 1.95. The van der Waals surface area contributed by atoms with E-state index < -0.39 is 0 Å². The standard InChI is InChI=1S/C9H11N3S2/c1-2-7(8-4-3-5-13-8)11-9-12-10-6-14-9/h3-7H,2H2,1H3,(H,11,12). The van der Waals surface area contributed by atoms with Gasteiger partial charge in [-0.2, -0.15) is 0 Å². The van der Waals surface area contributed by atoms with Gasteiger partial charge in [0.05, 0.1) is 6.04 Å². The van der Waals surface area contributed by atoms with E-state index in [-0.39, 0.29) is 0 Å². The summed E-state index contributed by atoms with van der Waals surface area (Å²) in [5, 5.41) is 14.1. The molecule has 3 nitrogen and oxygen atoms in total. The Labute approximate surface area is 90.8 Å². The van der Waals surface area contributed by atoms with Crippen molar-refractivity contribution in [2.24, 2.45) is 0 Å². The van der Waals surface area contributed by atoms with Crippen molar-refractivity contribution < 1.29 is 0 Å². The Morgan fingerprint density at radius 2 is 2.43 bits per heavy atom. The summed E-state index contributed by atoms with van der Waals surface area (Å²) in [5.41, 5.74) is 1.74. The van der Waals surface area contributed by atoms with Gasteiger partial charge in [-0.3, -0.25) is 0 Å². The minimum atomic E-state index is 0.364. The van der Waals surface area contributed by atoms with E-state index in [2.05, 4.69) is 40.0 Å². The lowest BCUT2D eigenvalue weighted by Crippen LogP contribution is -2.07. The Kier molecular flexibility index (Phi) is 3.10. The minimum absolute atomic E-state index is 0.364. The molecule has 2 aromatic heterocycles. The molecule has 1 atom stereocenters. The monoisotopic (exact) mass is 225 g/mol. The van der Waals surface area contributed by atoms with Gasteiger partial charge in [0.25, 0.3) is 0 Å². The van der Waals surface area contributed by atoms with E-state index in [0.717, 1.165) is 11.6 Å². The first-order chi connectivity index (χ1) is 6.90. The van der Waals surface area contributed by atoms with E-state index in [0.29, 0.717) is 6.04 Å². The zero-order valence-electron chi connectivity index (χ0n) is 7.80. The van der Waals surface area contributed by atoms with Crippen LogP contribution in [0, 0.1) is 0 Å². The summed E-state index contributed by atoms with van der Waals surface area (Å²) in [7, 11) is 0. The van der Waals surface area contributed by atoms with Gasteiger partial charge in [0.2, 0.25) is 5.13 Å². The SMILES string of the molecule is CCC(Nc1nncs1)c1cccs1. The third-order valence-corrected chi connectivity index (χ3v) is 3.56. The molecule has 2 rings (SSSR count). The van der Waals surface area contributed by atoms with Gasteiger partial charge in [-0.15, -0.1) is 21.5 Å². The molecule has 0 saturated heterocycles. The van der Waals surface area contributed by atoms with Crippen molar-refractivity contribution in [3.05, 3.63) is 27.9 Å². The summed E-state index contributed by atoms with van der Waals surface area (Å²) in [6.45, 7) is 2.17. The second-order valence-electron chi connectivity index (χ2n) is 2.86. The van der Waals surface area contributed by atoms with E-state index in [1.54, 1.807) is 16.8 Å². The van der Waals surface area contributed by atoms with E-state index in [4.69, 9.17) is 0 Å². The molecule has 2 heterocycles. The highest BCUT2D eigenvalue weighted by atomic mass is 32.1. The fraction of sp³-hybridized carbons (Fsp3) is 0.333. The molecule has 0 saturated carbocycles. The maximum Gasteiger partial charge on any atom is 0.205 e. The van der Waals surface area contributed by atoms with Gasteiger partial charge in [-0.25, -0.2) is 0 Å². The predicted molar refractivity (Wildman–Crippen MR) is 60.9 cm³/mol. The predicted octanol–water partition coefficient (Wildman–Crippen LogP) is 3.16. The van der Waals surface area contributed by atoms with E-state index >= 15 is 0 Å². The van der Waals surface area contributed by atoms with Crippen LogP contribution in [0.25, 0.3) is 0 Å². The largest absolute Gasteiger partial charge is 0.352 e. The molecule has 1 unspecified atom stereocenters. The number of hydrogen-bond donors (Lipinski definition) is 1. The smallest absolute Gasteiger partial charge is 0.205 e. The van der Waals surface area contributed by atoms with Crippen LogP contribution in [0.3, 0.4) is 0 Å². The number of nitrogens with zero attached hydrogens (tertiary/aromatic N) is 2. The van der Waals surface area contributed by atoms with Crippen molar-refractivity contribution in [2.75, 3.05) is 5.32 Å². The van der Waals surface area contributed by atoms with Crippen LogP contribution in [0.1, 0.15) is 24.3 Å². The first-order valence-electron chi connectivity index (χ1n) is 4.46. The molecular weight excluding hydrogens is 214 g/mol. The Bertz CT molecular complexity index is 355. The Morgan fingerprint density at radius 3 is 3.00 bits per heavy atom. The van der Waals surface area contributed by atoms with Crippen LogP contribution >= 0.6 is 22.7 Å². The Morgan fingerprint density at radius 1 is 1.50 bits per heavy atom. The lowest BCUT2D eigenvalue weighted by molar-refractivity contribution is 0.760. The highest BCUT2D eigenvalue weighted by Crippen LogP contribution is 2.26. The number of nitrogens with one attached hydrogen (secondary N) is 1. The normalized spacial score (nSPS) is 12.6. The minimum Gasteiger partial charge on any atom is -0.352 e. The van der Waals surface area contributed by atoms with Crippen molar-refractivity contribution in [1.29, 1.82) is 0 Å². The highest BCUT2D eigenvalue weighted by Gasteiger charge is 2.10. The molecule has 0 spiro atoms. The van der Waals surface area contributed by atoms with Gasteiger partial charge >= 0.3 is 0 Å². The third kappa shape index (κ3) is 2.10. The zero-order valence-corrected chi connectivity index (χ0v) is 9.44. The highest BCUT2D eigenvalue weighted by molar-refractivity contribution is 7.13. The second kappa shape index (κ2) is 4.52. The number of aromatic nitrogens is 2. The van der Waals surface area contributed by atoms with Crippen LogP contribution in [0.2, 0.25) is 0 Å². The summed E-state index contributed by atoms with van der Waals surface area (Å²) in [5.74, 6) is 0. The van der Waals surface area contributed by atoms with Gasteiger partial charge in [0, 0.05) is 4.88 Å². The first kappa shape index (κ1) is 9.61. The van der Waals surface area contributed by atoms with Crippen molar-refractivity contribution >= 4 is 27.8 Å². The fourth-order valence-electron chi connectivity index (χ4n) is 1.25. The van der Waals surface area contributed by atoms with Crippen molar-refractivity contribution in [2.45, 2.75) is 19.4 Å². The van der Waals surface area contributed by atoms with Crippen LogP contribution in [-0.2, 0) is 0 Å². The van der Waals surface area contributed by atoms with Gasteiger partial charge in [0.1, 0.15) is 5.51 Å². The lowest BCUT2D eigenvalue weighted by Gasteiger charge is -2.13. The Hall–Kier alpha value is -0.940. The molecule has 0 aliphatic heterocycles. The molecule has 0 fully saturated rings. The molecule has 1 N–H and O–H groups in total. The van der Waals surface area contributed by atoms with Crippen LogP contribution in [0.15, 0.2) is 23.0 Å². The maximum absolute atomic E-state index is 3.98. The van der Waals surface area contributed by atoms with Crippen LogP contribution in [-0.4, -0.2) is 10.2 Å². The topological polar surface area (TPSA) is 37.8 Å². The summed E-state index contributed by atoms with van der Waals surface area (Å²) < 4.78 is 0. The molecule has 5 heteroatoms. The van der Waals surface area contributed by atoms with Gasteiger partial charge in [-0.1, -0.05) is 24.3 Å². The molecular formula is C9H11N3S2. The van der Waals surface area contributed by atoms with Gasteiger partial charge in [0.15, 0.2) is 0 Å². The number of anilines is 1. The van der Waals surface area contributed by atoms with E-state index in [1.165, 1.54) is 16.2 Å². The van der Waals surface area contributed by atoms with Crippen molar-refractivity contribution in [3.8, 4) is 0 Å². The average Bonchev–Trinajstić information content (AvgIpc) is 2.86. The molecule has 14 heavy (non-hydrogen) atoms. The van der Waals surface area contributed by atoms with E-state index in [1.807, 2.05) is 0 Å². The van der Waals surface area contributed by atoms with Crippen LogP contribution in [0.5, 0.6) is 0 Å². The van der Waals surface area contributed by atoms with Crippen LogP contribution in [0.4, 0.5) is 5.13 Å². The average molecular weight is 225 g/mol. The molecule has 74 valence electrons. The van der Waals surface area contributed by atoms with Crippen LogP contribution < -0.4 is 5.32 Å². The molecule has 0 aliphatic rings. The number of hydrogen-bond acceptors (Lipinski definition) is 5. The van der Waals surface area contributed by atoms with Gasteiger partial charge < -0.3 is 5.32 Å². The number of thiophene rings is 1. The fourth-order valence-corrected chi connectivity index (χ4v) is 2.61. The van der Waals surface area contributed by atoms with Crippen molar-refractivity contribution in [1.82, 2.24) is 10.2 Å². The molecule has 0 bridgehead atoms. The zero-order chi connectivity index (χ0) is 9.80. The molecule has 0 amide bonds. The lowest BCUT2D eigenvalue weighted by atomic mass is 10.2. The molecule has 0 aromatic carbocycles. The molecule has 2 aromatic rings. The van der Waals surface area contributed by atoms with Crippen molar-refractivity contribution in [3.63, 3.8) is 0 Å².